The highest BCUT2D eigenvalue weighted by Crippen LogP contribution is 2.18. The van der Waals surface area contributed by atoms with E-state index in [0.29, 0.717) is 11.5 Å². The number of pyridine rings is 1. The third-order valence-electron chi connectivity index (χ3n) is 1.72. The lowest BCUT2D eigenvalue weighted by Crippen LogP contribution is -2.16. The molecule has 3 N–H and O–H groups in total. The van der Waals surface area contributed by atoms with Gasteiger partial charge in [-0.25, -0.2) is 13.8 Å². The van der Waals surface area contributed by atoms with Gasteiger partial charge in [-0.3, -0.25) is 0 Å². The van der Waals surface area contributed by atoms with Gasteiger partial charge >= 0.3 is 0 Å². The fraction of sp³-hybridized carbons (Fsp3) is 0.444. The first kappa shape index (κ1) is 10.7. The second kappa shape index (κ2) is 4.21. The van der Waals surface area contributed by atoms with Crippen LogP contribution < -0.4 is 11.1 Å². The lowest BCUT2D eigenvalue weighted by atomic mass is 10.2. The number of nitrogens with zero attached hydrogens (tertiary/aromatic N) is 1. The van der Waals surface area contributed by atoms with Gasteiger partial charge in [-0.2, -0.15) is 0 Å². The molecule has 0 aliphatic heterocycles. The predicted molar refractivity (Wildman–Crippen MR) is 52.4 cm³/mol. The van der Waals surface area contributed by atoms with Crippen LogP contribution in [0.15, 0.2) is 18.3 Å². The Balaban J connectivity index is 2.43. The number of rotatable bonds is 4. The summed E-state index contributed by atoms with van der Waals surface area (Å²) in [5, 5.41) is 2.80. The Morgan fingerprint density at radius 1 is 1.57 bits per heavy atom. The first-order chi connectivity index (χ1) is 6.49. The van der Waals surface area contributed by atoms with E-state index in [1.807, 2.05) is 0 Å². The van der Waals surface area contributed by atoms with Gasteiger partial charge in [-0.1, -0.05) is 0 Å². The maximum atomic E-state index is 12.4. The zero-order valence-electron chi connectivity index (χ0n) is 7.93. The number of halogens is 2. The molecular formula is C9H13F2N3. The molecule has 0 aromatic carbocycles. The highest BCUT2D eigenvalue weighted by atomic mass is 19.3. The van der Waals surface area contributed by atoms with E-state index in [2.05, 4.69) is 10.3 Å². The van der Waals surface area contributed by atoms with Crippen LogP contribution in [0.25, 0.3) is 0 Å². The smallest absolute Gasteiger partial charge is 0.247 e. The summed E-state index contributed by atoms with van der Waals surface area (Å²) >= 11 is 0. The number of anilines is 2. The van der Waals surface area contributed by atoms with Gasteiger partial charge < -0.3 is 11.1 Å². The fourth-order valence-electron chi connectivity index (χ4n) is 0.984. The molecule has 78 valence electrons. The largest absolute Gasteiger partial charge is 0.382 e. The molecule has 0 amide bonds. The Hall–Kier alpha value is -1.39. The molecule has 1 heterocycles. The van der Waals surface area contributed by atoms with Crippen LogP contribution in [0.3, 0.4) is 0 Å². The van der Waals surface area contributed by atoms with Crippen LogP contribution in [0.4, 0.5) is 20.3 Å². The van der Waals surface area contributed by atoms with Crippen molar-refractivity contribution in [3.05, 3.63) is 18.3 Å². The van der Waals surface area contributed by atoms with Crippen molar-refractivity contribution in [1.29, 1.82) is 0 Å². The van der Waals surface area contributed by atoms with Crippen molar-refractivity contribution in [2.45, 2.75) is 19.3 Å². The third kappa shape index (κ3) is 3.55. The van der Waals surface area contributed by atoms with E-state index < -0.39 is 5.92 Å². The zero-order valence-corrected chi connectivity index (χ0v) is 7.93. The van der Waals surface area contributed by atoms with Gasteiger partial charge in [0.2, 0.25) is 5.92 Å². The summed E-state index contributed by atoms with van der Waals surface area (Å²) in [4.78, 5) is 3.82. The zero-order chi connectivity index (χ0) is 10.6. The summed E-state index contributed by atoms with van der Waals surface area (Å²) in [5.41, 5.74) is 6.10. The minimum absolute atomic E-state index is 0.180. The number of hydrogen-bond acceptors (Lipinski definition) is 3. The molecule has 1 rings (SSSR count). The number of aromatic nitrogens is 1. The van der Waals surface area contributed by atoms with Gasteiger partial charge in [-0.15, -0.1) is 0 Å². The van der Waals surface area contributed by atoms with Crippen molar-refractivity contribution in [3.8, 4) is 0 Å². The van der Waals surface area contributed by atoms with Gasteiger partial charge in [0, 0.05) is 19.2 Å². The Labute approximate surface area is 81.3 Å². The lowest BCUT2D eigenvalue weighted by molar-refractivity contribution is 0.0167. The second-order valence-electron chi connectivity index (χ2n) is 3.18. The molecule has 0 bridgehead atoms. The first-order valence-corrected chi connectivity index (χ1v) is 4.31. The topological polar surface area (TPSA) is 50.9 Å². The quantitative estimate of drug-likeness (QED) is 0.784. The van der Waals surface area contributed by atoms with Crippen molar-refractivity contribution in [2.75, 3.05) is 17.6 Å². The van der Waals surface area contributed by atoms with E-state index in [0.717, 1.165) is 6.92 Å². The summed E-state index contributed by atoms with van der Waals surface area (Å²) in [7, 11) is 0. The maximum absolute atomic E-state index is 12.4. The van der Waals surface area contributed by atoms with Crippen molar-refractivity contribution < 1.29 is 8.78 Å². The van der Waals surface area contributed by atoms with Gasteiger partial charge in [-0.05, 0) is 19.1 Å². The Bertz CT molecular complexity index is 296. The molecule has 0 saturated heterocycles. The summed E-state index contributed by atoms with van der Waals surface area (Å²) in [5.74, 6) is -2.32. The molecule has 0 atom stereocenters. The van der Waals surface area contributed by atoms with Gasteiger partial charge in [0.25, 0.3) is 0 Å². The molecular weight excluding hydrogens is 188 g/mol. The van der Waals surface area contributed by atoms with Gasteiger partial charge in [0.05, 0.1) is 5.69 Å². The lowest BCUT2D eigenvalue weighted by Gasteiger charge is -2.12. The van der Waals surface area contributed by atoms with Gasteiger partial charge in [0.1, 0.15) is 5.82 Å². The van der Waals surface area contributed by atoms with E-state index in [9.17, 15) is 8.78 Å². The highest BCUT2D eigenvalue weighted by Gasteiger charge is 2.19. The molecule has 1 aromatic heterocycles. The van der Waals surface area contributed by atoms with Crippen LogP contribution in [-0.4, -0.2) is 17.5 Å². The minimum Gasteiger partial charge on any atom is -0.382 e. The van der Waals surface area contributed by atoms with Crippen molar-refractivity contribution in [1.82, 2.24) is 4.98 Å². The summed E-state index contributed by atoms with van der Waals surface area (Å²) < 4.78 is 24.9. The molecule has 14 heavy (non-hydrogen) atoms. The van der Waals surface area contributed by atoms with E-state index in [-0.39, 0.29) is 13.0 Å². The van der Waals surface area contributed by atoms with E-state index in [4.69, 9.17) is 5.73 Å². The van der Waals surface area contributed by atoms with Crippen molar-refractivity contribution in [2.24, 2.45) is 0 Å². The van der Waals surface area contributed by atoms with Crippen LogP contribution >= 0.6 is 0 Å². The summed E-state index contributed by atoms with van der Waals surface area (Å²) in [6, 6.07) is 3.40. The van der Waals surface area contributed by atoms with Crippen molar-refractivity contribution >= 4 is 11.5 Å². The molecule has 0 saturated carbocycles. The van der Waals surface area contributed by atoms with E-state index in [1.54, 1.807) is 18.3 Å². The van der Waals surface area contributed by atoms with Crippen molar-refractivity contribution in [3.63, 3.8) is 0 Å². The molecule has 0 aliphatic carbocycles. The standard InChI is InChI=1S/C9H13F2N3/c1-9(10,11)4-6-13-7-3-2-5-14-8(7)12/h2-3,5,13H,4,6H2,1H3,(H2,12,14). The Morgan fingerprint density at radius 3 is 2.86 bits per heavy atom. The monoisotopic (exact) mass is 201 g/mol. The average Bonchev–Trinajstić information content (AvgIpc) is 2.06. The maximum Gasteiger partial charge on any atom is 0.247 e. The highest BCUT2D eigenvalue weighted by molar-refractivity contribution is 5.60. The molecule has 1 aromatic rings. The van der Waals surface area contributed by atoms with Crippen LogP contribution in [0.1, 0.15) is 13.3 Å². The third-order valence-corrected chi connectivity index (χ3v) is 1.72. The molecule has 0 fully saturated rings. The summed E-state index contributed by atoms with van der Waals surface area (Å²) in [6.07, 6.45) is 1.33. The van der Waals surface area contributed by atoms with Crippen LogP contribution in [0.2, 0.25) is 0 Å². The fourth-order valence-corrected chi connectivity index (χ4v) is 0.984. The predicted octanol–water partition coefficient (Wildman–Crippen LogP) is 2.12. The number of alkyl halides is 2. The number of hydrogen-bond donors (Lipinski definition) is 2. The second-order valence-corrected chi connectivity index (χ2v) is 3.18. The van der Waals surface area contributed by atoms with E-state index >= 15 is 0 Å². The van der Waals surface area contributed by atoms with E-state index in [1.165, 1.54) is 0 Å². The molecule has 5 heteroatoms. The van der Waals surface area contributed by atoms with Crippen LogP contribution in [-0.2, 0) is 0 Å². The SMILES string of the molecule is CC(F)(F)CCNc1cccnc1N. The molecule has 0 radical (unpaired) electrons. The molecule has 0 spiro atoms. The van der Waals surface area contributed by atoms with Crippen LogP contribution in [0.5, 0.6) is 0 Å². The number of nitrogen functional groups attached to an aromatic ring is 1. The van der Waals surface area contributed by atoms with Gasteiger partial charge in [0.15, 0.2) is 0 Å². The minimum atomic E-state index is -2.65. The molecule has 3 nitrogen and oxygen atoms in total. The molecule has 0 unspecified atom stereocenters. The Kier molecular flexibility index (Phi) is 3.22. The van der Waals surface area contributed by atoms with Crippen LogP contribution in [0, 0.1) is 0 Å². The number of nitrogens with one attached hydrogen (secondary N) is 1. The Morgan fingerprint density at radius 2 is 2.29 bits per heavy atom. The summed E-state index contributed by atoms with van der Waals surface area (Å²) in [6.45, 7) is 1.07. The molecule has 0 aliphatic rings. The first-order valence-electron chi connectivity index (χ1n) is 4.31. The average molecular weight is 201 g/mol. The number of nitrogens with two attached hydrogens (primary N) is 1. The normalized spacial score (nSPS) is 11.4.